The quantitative estimate of drug-likeness (QED) is 0.870. The summed E-state index contributed by atoms with van der Waals surface area (Å²) in [5, 5.41) is 5.60. The van der Waals surface area contributed by atoms with Gasteiger partial charge in [0.15, 0.2) is 0 Å². The van der Waals surface area contributed by atoms with Crippen LogP contribution in [0.25, 0.3) is 0 Å². The summed E-state index contributed by atoms with van der Waals surface area (Å²) in [5.74, 6) is 1.98. The number of carbonyl (C=O) groups excluding carboxylic acids is 1. The normalized spacial score (nSPS) is 21.8. The van der Waals surface area contributed by atoms with Crippen LogP contribution in [0.15, 0.2) is 12.4 Å². The Kier molecular flexibility index (Phi) is 4.60. The molecule has 0 spiro atoms. The Morgan fingerprint density at radius 3 is 2.55 bits per heavy atom. The SMILES string of the molecule is CNC(=O)NC1CCCN(c2cc(N3CCCC3)ncn2)C1. The first kappa shape index (κ1) is 14.9. The van der Waals surface area contributed by atoms with E-state index in [1.54, 1.807) is 13.4 Å². The van der Waals surface area contributed by atoms with E-state index in [1.807, 2.05) is 0 Å². The summed E-state index contributed by atoms with van der Waals surface area (Å²) >= 11 is 0. The fourth-order valence-corrected chi connectivity index (χ4v) is 3.19. The number of nitrogens with one attached hydrogen (secondary N) is 2. The highest BCUT2D eigenvalue weighted by atomic mass is 16.2. The molecule has 3 rings (SSSR count). The number of rotatable bonds is 3. The van der Waals surface area contributed by atoms with Gasteiger partial charge in [0, 0.05) is 45.3 Å². The zero-order valence-electron chi connectivity index (χ0n) is 13.1. The minimum Gasteiger partial charge on any atom is -0.356 e. The molecule has 0 aromatic carbocycles. The van der Waals surface area contributed by atoms with Gasteiger partial charge in [-0.15, -0.1) is 0 Å². The van der Waals surface area contributed by atoms with Crippen molar-refractivity contribution in [1.82, 2.24) is 20.6 Å². The Morgan fingerprint density at radius 1 is 1.14 bits per heavy atom. The third-order valence-electron chi connectivity index (χ3n) is 4.38. The van der Waals surface area contributed by atoms with Crippen molar-refractivity contribution < 1.29 is 4.79 Å². The van der Waals surface area contributed by atoms with Crippen molar-refractivity contribution in [3.8, 4) is 0 Å². The maximum atomic E-state index is 11.5. The number of urea groups is 1. The lowest BCUT2D eigenvalue weighted by atomic mass is 10.1. The van der Waals surface area contributed by atoms with Gasteiger partial charge in [0.25, 0.3) is 0 Å². The van der Waals surface area contributed by atoms with Crippen molar-refractivity contribution in [2.45, 2.75) is 31.7 Å². The lowest BCUT2D eigenvalue weighted by Crippen LogP contribution is -2.50. The molecule has 120 valence electrons. The van der Waals surface area contributed by atoms with Crippen LogP contribution >= 0.6 is 0 Å². The molecule has 7 heteroatoms. The zero-order chi connectivity index (χ0) is 15.4. The van der Waals surface area contributed by atoms with Gasteiger partial charge in [0.1, 0.15) is 18.0 Å². The van der Waals surface area contributed by atoms with Crippen LogP contribution in [0.4, 0.5) is 16.4 Å². The van der Waals surface area contributed by atoms with Crippen LogP contribution in [-0.2, 0) is 0 Å². The van der Waals surface area contributed by atoms with Crippen molar-refractivity contribution in [2.75, 3.05) is 43.0 Å². The molecule has 1 aromatic rings. The number of amides is 2. The molecule has 0 saturated carbocycles. The molecule has 22 heavy (non-hydrogen) atoms. The minimum atomic E-state index is -0.118. The Hall–Kier alpha value is -2.05. The molecule has 2 N–H and O–H groups in total. The molecule has 1 atom stereocenters. The first-order valence-corrected chi connectivity index (χ1v) is 8.06. The van der Waals surface area contributed by atoms with E-state index in [9.17, 15) is 4.79 Å². The van der Waals surface area contributed by atoms with Gasteiger partial charge in [-0.25, -0.2) is 14.8 Å². The topological polar surface area (TPSA) is 73.4 Å². The summed E-state index contributed by atoms with van der Waals surface area (Å²) in [6.07, 6.45) is 6.19. The summed E-state index contributed by atoms with van der Waals surface area (Å²) in [5.41, 5.74) is 0. The van der Waals surface area contributed by atoms with Gasteiger partial charge in [0.2, 0.25) is 0 Å². The highest BCUT2D eigenvalue weighted by Gasteiger charge is 2.23. The third kappa shape index (κ3) is 3.40. The van der Waals surface area contributed by atoms with Crippen molar-refractivity contribution in [1.29, 1.82) is 0 Å². The fraction of sp³-hybridized carbons (Fsp3) is 0.667. The fourth-order valence-electron chi connectivity index (χ4n) is 3.19. The Morgan fingerprint density at radius 2 is 1.82 bits per heavy atom. The van der Waals surface area contributed by atoms with Crippen LogP contribution in [-0.4, -0.2) is 55.3 Å². The molecular formula is C15H24N6O. The second-order valence-electron chi connectivity index (χ2n) is 5.94. The van der Waals surface area contributed by atoms with E-state index in [0.717, 1.165) is 50.7 Å². The Labute approximate surface area is 131 Å². The van der Waals surface area contributed by atoms with E-state index in [2.05, 4.69) is 36.5 Å². The first-order valence-electron chi connectivity index (χ1n) is 8.06. The van der Waals surface area contributed by atoms with Crippen LogP contribution in [0.3, 0.4) is 0 Å². The second-order valence-corrected chi connectivity index (χ2v) is 5.94. The Bertz CT molecular complexity index is 517. The summed E-state index contributed by atoms with van der Waals surface area (Å²) < 4.78 is 0. The largest absolute Gasteiger partial charge is 0.356 e. The van der Waals surface area contributed by atoms with Crippen LogP contribution in [0.5, 0.6) is 0 Å². The highest BCUT2D eigenvalue weighted by Crippen LogP contribution is 2.23. The van der Waals surface area contributed by atoms with E-state index in [0.29, 0.717) is 0 Å². The smallest absolute Gasteiger partial charge is 0.314 e. The molecule has 7 nitrogen and oxygen atoms in total. The van der Waals surface area contributed by atoms with E-state index >= 15 is 0 Å². The molecule has 0 aliphatic carbocycles. The van der Waals surface area contributed by atoms with Crippen LogP contribution in [0, 0.1) is 0 Å². The number of aromatic nitrogens is 2. The summed E-state index contributed by atoms with van der Waals surface area (Å²) in [6.45, 7) is 3.93. The summed E-state index contributed by atoms with van der Waals surface area (Å²) in [4.78, 5) is 24.9. The molecule has 0 bridgehead atoms. The van der Waals surface area contributed by atoms with Gasteiger partial charge in [-0.05, 0) is 25.7 Å². The standard InChI is InChI=1S/C15H24N6O/c1-16-15(22)19-12-5-4-8-21(10-12)14-9-13(17-11-18-14)20-6-2-3-7-20/h9,11-12H,2-8,10H2,1H3,(H2,16,19,22). The lowest BCUT2D eigenvalue weighted by molar-refractivity contribution is 0.237. The molecule has 2 aliphatic rings. The highest BCUT2D eigenvalue weighted by molar-refractivity contribution is 5.73. The van der Waals surface area contributed by atoms with E-state index in [-0.39, 0.29) is 12.1 Å². The number of carbonyl (C=O) groups is 1. The van der Waals surface area contributed by atoms with E-state index in [1.165, 1.54) is 12.8 Å². The Balaban J connectivity index is 1.67. The zero-order valence-corrected chi connectivity index (χ0v) is 13.1. The van der Waals surface area contributed by atoms with Crippen molar-refractivity contribution >= 4 is 17.7 Å². The van der Waals surface area contributed by atoms with E-state index < -0.39 is 0 Å². The van der Waals surface area contributed by atoms with E-state index in [4.69, 9.17) is 0 Å². The molecule has 2 saturated heterocycles. The number of hydrogen-bond donors (Lipinski definition) is 2. The molecule has 0 radical (unpaired) electrons. The average molecular weight is 304 g/mol. The number of anilines is 2. The predicted octanol–water partition coefficient (Wildman–Crippen LogP) is 0.975. The molecule has 1 unspecified atom stereocenters. The van der Waals surface area contributed by atoms with Gasteiger partial charge in [-0.3, -0.25) is 0 Å². The van der Waals surface area contributed by atoms with Crippen molar-refractivity contribution in [3.63, 3.8) is 0 Å². The second kappa shape index (κ2) is 6.81. The predicted molar refractivity (Wildman–Crippen MR) is 86.3 cm³/mol. The van der Waals surface area contributed by atoms with Crippen LogP contribution in [0.1, 0.15) is 25.7 Å². The molecule has 3 heterocycles. The molecule has 2 fully saturated rings. The third-order valence-corrected chi connectivity index (χ3v) is 4.38. The van der Waals surface area contributed by atoms with Gasteiger partial charge < -0.3 is 20.4 Å². The molecular weight excluding hydrogens is 280 g/mol. The van der Waals surface area contributed by atoms with Crippen LogP contribution in [0.2, 0.25) is 0 Å². The van der Waals surface area contributed by atoms with Gasteiger partial charge in [-0.1, -0.05) is 0 Å². The molecule has 2 amide bonds. The number of piperidine rings is 1. The minimum absolute atomic E-state index is 0.118. The molecule has 2 aliphatic heterocycles. The van der Waals surface area contributed by atoms with Gasteiger partial charge in [-0.2, -0.15) is 0 Å². The van der Waals surface area contributed by atoms with Crippen molar-refractivity contribution in [2.24, 2.45) is 0 Å². The summed E-state index contributed by atoms with van der Waals surface area (Å²) in [6, 6.07) is 2.12. The van der Waals surface area contributed by atoms with Gasteiger partial charge >= 0.3 is 6.03 Å². The maximum absolute atomic E-state index is 11.5. The first-order chi connectivity index (χ1) is 10.8. The van der Waals surface area contributed by atoms with Crippen molar-refractivity contribution in [3.05, 3.63) is 12.4 Å². The number of hydrogen-bond acceptors (Lipinski definition) is 5. The average Bonchev–Trinajstić information content (AvgIpc) is 3.10. The lowest BCUT2D eigenvalue weighted by Gasteiger charge is -2.34. The molecule has 1 aromatic heterocycles. The van der Waals surface area contributed by atoms with Crippen LogP contribution < -0.4 is 20.4 Å². The van der Waals surface area contributed by atoms with Gasteiger partial charge in [0.05, 0.1) is 0 Å². The summed E-state index contributed by atoms with van der Waals surface area (Å²) in [7, 11) is 1.64. The number of nitrogens with zero attached hydrogens (tertiary/aromatic N) is 4. The maximum Gasteiger partial charge on any atom is 0.314 e. The monoisotopic (exact) mass is 304 g/mol.